The standard InChI is InChI=1S/C29H24N4O5.C23H20N4O3.C6H7NO.C3Cl3N3.C3H3ClO/c1-3-27(35)37-23-12-5-8-19(14-23)16-25-31-26(17-20-9-6-13-24(15-20)38-28(36)4-2)33-29(32-25)30-21-10-7-11-22(34)18-21;28-18-7-1-4-15(10-18)12-21-25-22(13-16-5-2-8-19(29)11-16)27-23(26-21)24-17-6-3-9-20(30)14-17;7-5-2-1-3-6(8)4-5;4-1-7-2(5)9-3(6)8-1;1-2-3(4)5/h3-15,18,34H,1-2,16-17H2,(H,30,31,32,33);1-11,14,28-30H,12-13H2,(H,24,25,26,27);1-4,8H,7H2;;2H,1H2. The molecule has 0 fully saturated rings. The molecule has 22 nitrogen and oxygen atoms in total. The summed E-state index contributed by atoms with van der Waals surface area (Å²) in [6, 6.07) is 47.7. The van der Waals surface area contributed by atoms with Crippen LogP contribution in [0.2, 0.25) is 15.9 Å². The minimum Gasteiger partial charge on any atom is -0.508 e. The fourth-order valence-electron chi connectivity index (χ4n) is 7.44. The van der Waals surface area contributed by atoms with E-state index in [-0.39, 0.29) is 44.6 Å². The number of phenolic OH excluding ortho intramolecular Hbond substituents is 5. The first-order valence-corrected chi connectivity index (χ1v) is 27.8. The minimum absolute atomic E-state index is 0.000000000000000444. The van der Waals surface area contributed by atoms with Gasteiger partial charge >= 0.3 is 11.9 Å². The van der Waals surface area contributed by atoms with Crippen molar-refractivity contribution in [3.05, 3.63) is 269 Å². The summed E-state index contributed by atoms with van der Waals surface area (Å²) >= 11 is 20.7. The summed E-state index contributed by atoms with van der Waals surface area (Å²) < 4.78 is 10.4. The number of hydrogen-bond acceptors (Lipinski definition) is 22. The quantitative estimate of drug-likeness (QED) is 0.0138. The summed E-state index contributed by atoms with van der Waals surface area (Å²) in [4.78, 5) is 70.3. The number of nitrogens with zero attached hydrogens (tertiary/aromatic N) is 9. The van der Waals surface area contributed by atoms with Gasteiger partial charge < -0.3 is 51.4 Å². The van der Waals surface area contributed by atoms with Crippen LogP contribution in [0.5, 0.6) is 40.2 Å². The summed E-state index contributed by atoms with van der Waals surface area (Å²) in [5.74, 6) is 3.11. The van der Waals surface area contributed by atoms with Gasteiger partial charge in [0.15, 0.2) is 0 Å². The van der Waals surface area contributed by atoms with E-state index in [1.165, 1.54) is 6.07 Å². The van der Waals surface area contributed by atoms with Crippen LogP contribution in [0.15, 0.2) is 208 Å². The van der Waals surface area contributed by atoms with Crippen molar-refractivity contribution in [1.82, 2.24) is 44.9 Å². The third-order valence-corrected chi connectivity index (χ3v) is 11.7. The first-order chi connectivity index (χ1) is 43.2. The Balaban J connectivity index is 0.000000216. The SMILES string of the molecule is C=CC(=O)Cl.C=CC(=O)Oc1cccc(Cc2nc(Cc3cccc(OC(=O)C=C)c3)nc(Nc3cccc(O)c3)n2)c1.Clc1nc(Cl)nc(Cl)n1.Nc1cccc(O)c1.Oc1cccc(Cc2nc(Cc3cccc(O)c3)nc(Nc3cccc(O)c3)n2)c1. The number of phenols is 5. The van der Waals surface area contributed by atoms with Crippen molar-refractivity contribution in [2.24, 2.45) is 0 Å². The van der Waals surface area contributed by atoms with Crippen molar-refractivity contribution in [2.45, 2.75) is 25.7 Å². The molecule has 0 radical (unpaired) electrons. The molecule has 0 aliphatic rings. The molecule has 0 saturated heterocycles. The van der Waals surface area contributed by atoms with Crippen LogP contribution in [0.25, 0.3) is 0 Å². The Bertz CT molecular complexity index is 3820. The van der Waals surface area contributed by atoms with Crippen molar-refractivity contribution in [2.75, 3.05) is 16.4 Å². The normalized spacial score (nSPS) is 10.0. The van der Waals surface area contributed by atoms with Crippen LogP contribution in [0.3, 0.4) is 0 Å². The van der Waals surface area contributed by atoms with Crippen molar-refractivity contribution in [3.8, 4) is 40.2 Å². The lowest BCUT2D eigenvalue weighted by Gasteiger charge is -2.11. The van der Waals surface area contributed by atoms with E-state index in [4.69, 9.17) is 66.7 Å². The highest BCUT2D eigenvalue weighted by molar-refractivity contribution is 6.66. The molecule has 0 aliphatic carbocycles. The summed E-state index contributed by atoms with van der Waals surface area (Å²) in [6.07, 6.45) is 4.73. The molecule has 3 heterocycles. The van der Waals surface area contributed by atoms with Crippen LogP contribution in [-0.2, 0) is 40.1 Å². The van der Waals surface area contributed by atoms with E-state index in [1.54, 1.807) is 140 Å². The van der Waals surface area contributed by atoms with Crippen LogP contribution < -0.4 is 25.8 Å². The number of carbonyl (C=O) groups is 3. The van der Waals surface area contributed by atoms with Crippen molar-refractivity contribution >= 4 is 92.5 Å². The highest BCUT2D eigenvalue weighted by Crippen LogP contribution is 2.25. The second-order valence-electron chi connectivity index (χ2n) is 18.2. The fraction of sp³-hybridized carbons (Fsp3) is 0.0625. The molecule has 0 spiro atoms. The summed E-state index contributed by atoms with van der Waals surface area (Å²) in [5.41, 5.74) is 10.5. The van der Waals surface area contributed by atoms with Crippen molar-refractivity contribution < 1.29 is 49.4 Å². The fourth-order valence-corrected chi connectivity index (χ4v) is 8.05. The number of nitrogens with two attached hydrogens (primary N) is 1. The van der Waals surface area contributed by atoms with E-state index < -0.39 is 17.2 Å². The lowest BCUT2D eigenvalue weighted by Crippen LogP contribution is -2.09. The zero-order chi connectivity index (χ0) is 65.0. The third-order valence-electron chi connectivity index (χ3n) is 11.1. The second-order valence-corrected chi connectivity index (χ2v) is 19.6. The van der Waals surface area contributed by atoms with Crippen molar-refractivity contribution in [1.29, 1.82) is 0 Å². The van der Waals surface area contributed by atoms with Gasteiger partial charge in [-0.25, -0.2) is 19.6 Å². The van der Waals surface area contributed by atoms with Gasteiger partial charge in [-0.05, 0) is 160 Å². The lowest BCUT2D eigenvalue weighted by molar-refractivity contribution is -0.129. The van der Waals surface area contributed by atoms with Crippen LogP contribution in [0.4, 0.5) is 29.0 Å². The number of nitrogens with one attached hydrogen (secondary N) is 2. The molecule has 0 aliphatic heterocycles. The van der Waals surface area contributed by atoms with Crippen LogP contribution in [0, 0.1) is 0 Å². The maximum absolute atomic E-state index is 11.6. The molecule has 458 valence electrons. The first kappa shape index (κ1) is 68.1. The predicted octanol–water partition coefficient (Wildman–Crippen LogP) is 12.3. The third kappa shape index (κ3) is 25.1. The molecule has 9 N–H and O–H groups in total. The molecule has 3 aromatic heterocycles. The Morgan fingerprint density at radius 1 is 0.411 bits per heavy atom. The molecular formula is C64H54Cl4N12O10. The Morgan fingerprint density at radius 3 is 1.00 bits per heavy atom. The van der Waals surface area contributed by atoms with Crippen LogP contribution >= 0.6 is 46.4 Å². The van der Waals surface area contributed by atoms with Gasteiger partial charge in [0.2, 0.25) is 33.0 Å². The van der Waals surface area contributed by atoms with Gasteiger partial charge in [0, 0.05) is 73.1 Å². The molecular weight excluding hydrogens is 1240 g/mol. The van der Waals surface area contributed by atoms with E-state index in [0.29, 0.717) is 89.4 Å². The maximum atomic E-state index is 11.6. The van der Waals surface area contributed by atoms with Gasteiger partial charge in [-0.2, -0.15) is 34.9 Å². The van der Waals surface area contributed by atoms with E-state index in [2.05, 4.69) is 75.2 Å². The molecule has 7 aromatic carbocycles. The second kappa shape index (κ2) is 34.9. The molecule has 0 saturated carbocycles. The van der Waals surface area contributed by atoms with E-state index in [9.17, 15) is 34.8 Å². The van der Waals surface area contributed by atoms with E-state index >= 15 is 0 Å². The van der Waals surface area contributed by atoms with Gasteiger partial charge in [0.25, 0.3) is 0 Å². The number of rotatable bonds is 17. The molecule has 26 heteroatoms. The zero-order valence-corrected chi connectivity index (χ0v) is 50.3. The van der Waals surface area contributed by atoms with Crippen LogP contribution in [0.1, 0.15) is 45.6 Å². The molecule has 10 aromatic rings. The molecule has 0 bridgehead atoms. The number of allylic oxidation sites excluding steroid dienone is 1. The average molecular weight is 1290 g/mol. The highest BCUT2D eigenvalue weighted by Gasteiger charge is 2.14. The summed E-state index contributed by atoms with van der Waals surface area (Å²) in [7, 11) is 0. The summed E-state index contributed by atoms with van der Waals surface area (Å²) in [5, 5.41) is 53.4. The predicted molar refractivity (Wildman–Crippen MR) is 343 cm³/mol. The monoisotopic (exact) mass is 1290 g/mol. The Morgan fingerprint density at radius 2 is 0.711 bits per heavy atom. The Labute approximate surface area is 535 Å². The Hall–Kier alpha value is -11.0. The Kier molecular flexibility index (Phi) is 26.4. The number of esters is 2. The van der Waals surface area contributed by atoms with Gasteiger partial charge in [-0.15, -0.1) is 0 Å². The first-order valence-electron chi connectivity index (χ1n) is 26.3. The van der Waals surface area contributed by atoms with Gasteiger partial charge in [-0.1, -0.05) is 86.5 Å². The van der Waals surface area contributed by atoms with E-state index in [1.807, 2.05) is 24.3 Å². The van der Waals surface area contributed by atoms with E-state index in [0.717, 1.165) is 40.5 Å². The zero-order valence-electron chi connectivity index (χ0n) is 47.2. The largest absolute Gasteiger partial charge is 0.508 e. The van der Waals surface area contributed by atoms with Crippen LogP contribution in [-0.4, -0.2) is 87.6 Å². The summed E-state index contributed by atoms with van der Waals surface area (Å²) in [6.45, 7) is 9.90. The molecule has 90 heavy (non-hydrogen) atoms. The number of anilines is 5. The number of aromatic nitrogens is 9. The number of carbonyl (C=O) groups excluding carboxylic acids is 3. The smallest absolute Gasteiger partial charge is 0.335 e. The number of aromatic hydroxyl groups is 5. The minimum atomic E-state index is -0.553. The average Bonchev–Trinajstić information content (AvgIpc) is 1.11. The highest BCUT2D eigenvalue weighted by atomic mass is 35.5. The molecule has 0 amide bonds. The van der Waals surface area contributed by atoms with Gasteiger partial charge in [0.1, 0.15) is 63.5 Å². The number of benzene rings is 7. The number of hydrogen-bond donors (Lipinski definition) is 8. The number of ether oxygens (including phenoxy) is 2. The maximum Gasteiger partial charge on any atom is 0.335 e. The topological polar surface area (TPSA) is 337 Å². The lowest BCUT2D eigenvalue weighted by atomic mass is 10.1. The van der Waals surface area contributed by atoms with Gasteiger partial charge in [-0.3, -0.25) is 4.79 Å². The van der Waals surface area contributed by atoms with Gasteiger partial charge in [0.05, 0.1) is 0 Å². The number of halogens is 4. The molecule has 0 unspecified atom stereocenters. The molecule has 0 atom stereocenters. The molecule has 10 rings (SSSR count). The number of nitrogen functional groups attached to an aromatic ring is 1. The van der Waals surface area contributed by atoms with Crippen molar-refractivity contribution in [3.63, 3.8) is 0 Å².